The van der Waals surface area contributed by atoms with Crippen molar-refractivity contribution in [2.75, 3.05) is 6.54 Å². The number of carboxylic acids is 1. The van der Waals surface area contributed by atoms with Gasteiger partial charge in [-0.1, -0.05) is 13.8 Å². The van der Waals surface area contributed by atoms with Crippen LogP contribution in [0.5, 0.6) is 0 Å². The normalized spacial score (nSPS) is 12.6. The average molecular weight is 317 g/mol. The van der Waals surface area contributed by atoms with Gasteiger partial charge in [0, 0.05) is 11.9 Å². The Morgan fingerprint density at radius 3 is 2.43 bits per heavy atom. The number of furan rings is 1. The van der Waals surface area contributed by atoms with Gasteiger partial charge in [-0.25, -0.2) is 0 Å². The topological polar surface area (TPSA) is 79.5 Å². The molecule has 1 amide bonds. The minimum absolute atomic E-state index is 0.0987. The van der Waals surface area contributed by atoms with Gasteiger partial charge in [0.05, 0.1) is 5.92 Å². The number of hydrogen-bond acceptors (Lipinski definition) is 3. The van der Waals surface area contributed by atoms with Crippen molar-refractivity contribution in [3.05, 3.63) is 35.1 Å². The summed E-state index contributed by atoms with van der Waals surface area (Å²) in [7, 11) is 0. The van der Waals surface area contributed by atoms with Gasteiger partial charge in [0.25, 0.3) is 5.91 Å². The molecule has 0 bridgehead atoms. The zero-order chi connectivity index (χ0) is 17.1. The fraction of sp³-hybridized carbons (Fsp3) is 0.444. The summed E-state index contributed by atoms with van der Waals surface area (Å²) in [4.78, 5) is 23.4. The van der Waals surface area contributed by atoms with Crippen molar-refractivity contribution in [2.45, 2.75) is 34.1 Å². The van der Waals surface area contributed by atoms with Gasteiger partial charge in [0.2, 0.25) is 0 Å². The molecule has 2 aromatic rings. The van der Waals surface area contributed by atoms with Crippen molar-refractivity contribution in [3.8, 4) is 0 Å². The molecule has 124 valence electrons. The molecule has 0 radical (unpaired) electrons. The molecular weight excluding hydrogens is 294 g/mol. The molecule has 0 aliphatic heterocycles. The van der Waals surface area contributed by atoms with Gasteiger partial charge < -0.3 is 14.8 Å². The first-order valence-corrected chi connectivity index (χ1v) is 7.79. The van der Waals surface area contributed by atoms with E-state index in [0.29, 0.717) is 12.0 Å². The van der Waals surface area contributed by atoms with E-state index in [1.54, 1.807) is 6.07 Å². The summed E-state index contributed by atoms with van der Waals surface area (Å²) in [5.74, 6) is -1.40. The van der Waals surface area contributed by atoms with Crippen LogP contribution in [0.3, 0.4) is 0 Å². The van der Waals surface area contributed by atoms with Crippen LogP contribution in [0.25, 0.3) is 11.0 Å². The molecule has 2 rings (SSSR count). The van der Waals surface area contributed by atoms with E-state index >= 15 is 0 Å². The van der Waals surface area contributed by atoms with Gasteiger partial charge in [0.15, 0.2) is 5.76 Å². The molecule has 23 heavy (non-hydrogen) atoms. The van der Waals surface area contributed by atoms with Crippen molar-refractivity contribution in [1.29, 1.82) is 0 Å². The molecule has 5 heteroatoms. The van der Waals surface area contributed by atoms with Gasteiger partial charge in [-0.2, -0.15) is 0 Å². The monoisotopic (exact) mass is 317 g/mol. The fourth-order valence-electron chi connectivity index (χ4n) is 2.56. The highest BCUT2D eigenvalue weighted by atomic mass is 16.4. The summed E-state index contributed by atoms with van der Waals surface area (Å²) in [6, 6.07) is 5.57. The highest BCUT2D eigenvalue weighted by Gasteiger charge is 2.21. The van der Waals surface area contributed by atoms with Gasteiger partial charge in [-0.15, -0.1) is 0 Å². The number of carbonyl (C=O) groups is 2. The van der Waals surface area contributed by atoms with Crippen molar-refractivity contribution in [3.63, 3.8) is 0 Å². The van der Waals surface area contributed by atoms with E-state index in [4.69, 9.17) is 4.42 Å². The number of aryl methyl sites for hydroxylation is 2. The average Bonchev–Trinajstić information content (AvgIpc) is 2.85. The molecule has 1 aromatic heterocycles. The second-order valence-electron chi connectivity index (χ2n) is 6.46. The van der Waals surface area contributed by atoms with Crippen LogP contribution >= 0.6 is 0 Å². The maximum absolute atomic E-state index is 12.2. The van der Waals surface area contributed by atoms with Crippen LogP contribution in [0.15, 0.2) is 22.6 Å². The zero-order valence-corrected chi connectivity index (χ0v) is 14.0. The molecule has 2 N–H and O–H groups in total. The molecule has 0 aliphatic carbocycles. The smallest absolute Gasteiger partial charge is 0.308 e. The Morgan fingerprint density at radius 1 is 1.17 bits per heavy atom. The number of aliphatic carboxylic acids is 1. The first kappa shape index (κ1) is 17.1. The predicted octanol–water partition coefficient (Wildman–Crippen LogP) is 3.53. The quantitative estimate of drug-likeness (QED) is 0.854. The Bertz CT molecular complexity index is 691. The minimum atomic E-state index is -0.894. The molecule has 0 spiro atoms. The Kier molecular flexibility index (Phi) is 5.08. The van der Waals surface area contributed by atoms with Gasteiger partial charge >= 0.3 is 5.97 Å². The van der Waals surface area contributed by atoms with E-state index in [1.807, 2.05) is 39.8 Å². The number of carbonyl (C=O) groups excluding carboxylic acids is 1. The summed E-state index contributed by atoms with van der Waals surface area (Å²) in [5, 5.41) is 12.7. The molecule has 1 aromatic carbocycles. The lowest BCUT2D eigenvalue weighted by molar-refractivity contribution is -0.142. The summed E-state index contributed by atoms with van der Waals surface area (Å²) >= 11 is 0. The molecular formula is C18H23NO4. The first-order chi connectivity index (χ1) is 10.8. The first-order valence-electron chi connectivity index (χ1n) is 7.79. The summed E-state index contributed by atoms with van der Waals surface area (Å²) < 4.78 is 5.58. The van der Waals surface area contributed by atoms with Crippen molar-refractivity contribution >= 4 is 22.8 Å². The molecule has 1 heterocycles. The lowest BCUT2D eigenvalue weighted by Crippen LogP contribution is -2.33. The largest absolute Gasteiger partial charge is 0.481 e. The maximum Gasteiger partial charge on any atom is 0.308 e. The third-order valence-electron chi connectivity index (χ3n) is 3.97. The minimum Gasteiger partial charge on any atom is -0.481 e. The van der Waals surface area contributed by atoms with Gasteiger partial charge in [-0.05, 0) is 55.5 Å². The predicted molar refractivity (Wildman–Crippen MR) is 88.6 cm³/mol. The van der Waals surface area contributed by atoms with E-state index < -0.39 is 11.9 Å². The number of amides is 1. The second-order valence-corrected chi connectivity index (χ2v) is 6.46. The Hall–Kier alpha value is -2.30. The Balaban J connectivity index is 2.10. The summed E-state index contributed by atoms with van der Waals surface area (Å²) in [6.45, 7) is 8.01. The van der Waals surface area contributed by atoms with E-state index in [-0.39, 0.29) is 24.1 Å². The molecule has 1 atom stereocenters. The number of benzene rings is 1. The number of fused-ring (bicyclic) bond motifs is 1. The van der Waals surface area contributed by atoms with Crippen LogP contribution in [0.2, 0.25) is 0 Å². The lowest BCUT2D eigenvalue weighted by Gasteiger charge is -2.14. The van der Waals surface area contributed by atoms with Crippen molar-refractivity contribution in [2.24, 2.45) is 11.8 Å². The van der Waals surface area contributed by atoms with Crippen LogP contribution < -0.4 is 5.32 Å². The maximum atomic E-state index is 12.2. The van der Waals surface area contributed by atoms with Crippen LogP contribution in [0.1, 0.15) is 41.9 Å². The van der Waals surface area contributed by atoms with Gasteiger partial charge in [-0.3, -0.25) is 9.59 Å². The standard InChI is InChI=1S/C18H23NO4/c1-10(2)5-14(18(21)22)9-19-17(20)16-8-13-6-11(3)12(4)7-15(13)23-16/h6-8,10,14H,5,9H2,1-4H3,(H,19,20)(H,21,22). The number of carboxylic acid groups (broad SMARTS) is 1. The molecule has 0 saturated heterocycles. The van der Waals surface area contributed by atoms with Crippen LogP contribution in [-0.4, -0.2) is 23.5 Å². The molecule has 0 aliphatic rings. The van der Waals surface area contributed by atoms with E-state index in [1.165, 1.54) is 0 Å². The molecule has 0 fully saturated rings. The molecule has 0 saturated carbocycles. The number of hydrogen-bond donors (Lipinski definition) is 2. The van der Waals surface area contributed by atoms with Crippen molar-refractivity contribution < 1.29 is 19.1 Å². The highest BCUT2D eigenvalue weighted by Crippen LogP contribution is 2.23. The lowest BCUT2D eigenvalue weighted by atomic mass is 9.97. The van der Waals surface area contributed by atoms with Crippen molar-refractivity contribution in [1.82, 2.24) is 5.32 Å². The van der Waals surface area contributed by atoms with E-state index in [2.05, 4.69) is 5.32 Å². The third-order valence-corrected chi connectivity index (χ3v) is 3.97. The zero-order valence-electron chi connectivity index (χ0n) is 14.0. The molecule has 1 unspecified atom stereocenters. The molecule has 5 nitrogen and oxygen atoms in total. The van der Waals surface area contributed by atoms with Crippen LogP contribution in [0, 0.1) is 25.7 Å². The Morgan fingerprint density at radius 2 is 1.83 bits per heavy atom. The fourth-order valence-corrected chi connectivity index (χ4v) is 2.56. The van der Waals surface area contributed by atoms with Crippen LogP contribution in [0.4, 0.5) is 0 Å². The number of nitrogens with one attached hydrogen (secondary N) is 1. The summed E-state index contributed by atoms with van der Waals surface area (Å²) in [5.41, 5.74) is 2.89. The Labute approximate surface area is 135 Å². The van der Waals surface area contributed by atoms with Crippen LogP contribution in [-0.2, 0) is 4.79 Å². The van der Waals surface area contributed by atoms with E-state index in [0.717, 1.165) is 16.5 Å². The van der Waals surface area contributed by atoms with E-state index in [9.17, 15) is 14.7 Å². The summed E-state index contributed by atoms with van der Waals surface area (Å²) in [6.07, 6.45) is 0.522. The SMILES string of the molecule is Cc1cc2cc(C(=O)NCC(CC(C)C)C(=O)O)oc2cc1C. The number of rotatable bonds is 6. The van der Waals surface area contributed by atoms with Gasteiger partial charge in [0.1, 0.15) is 5.58 Å². The second kappa shape index (κ2) is 6.86. The highest BCUT2D eigenvalue weighted by molar-refractivity contribution is 5.96. The third kappa shape index (κ3) is 4.12.